The lowest BCUT2D eigenvalue weighted by Gasteiger charge is -2.11. The molecule has 7 heteroatoms. The highest BCUT2D eigenvalue weighted by atomic mass is 79.9. The monoisotopic (exact) mass is 419 g/mol. The van der Waals surface area contributed by atoms with Crippen LogP contribution < -0.4 is 5.14 Å². The number of sulfonamides is 1. The van der Waals surface area contributed by atoms with Crippen LogP contribution in [0.1, 0.15) is 17.0 Å². The molecule has 0 aliphatic carbocycles. The molecular formula is C18H18BrN3O2S. The van der Waals surface area contributed by atoms with Crippen LogP contribution in [0.25, 0.3) is 11.4 Å². The zero-order valence-corrected chi connectivity index (χ0v) is 16.3. The maximum absolute atomic E-state index is 11.4. The minimum Gasteiger partial charge on any atom is -0.324 e. The van der Waals surface area contributed by atoms with Crippen molar-refractivity contribution in [1.82, 2.24) is 9.55 Å². The van der Waals surface area contributed by atoms with Gasteiger partial charge in [-0.05, 0) is 55.8 Å². The molecule has 0 aliphatic rings. The number of aryl methyl sites for hydroxylation is 1. The summed E-state index contributed by atoms with van der Waals surface area (Å²) in [4.78, 5) is 4.75. The van der Waals surface area contributed by atoms with Gasteiger partial charge in [-0.1, -0.05) is 28.1 Å². The number of nitrogens with two attached hydrogens (primary N) is 1. The molecule has 3 rings (SSSR count). The fraction of sp³-hybridized carbons (Fsp3) is 0.167. The third kappa shape index (κ3) is 3.84. The summed E-state index contributed by atoms with van der Waals surface area (Å²) in [7, 11) is -3.70. The lowest BCUT2D eigenvalue weighted by molar-refractivity contribution is 0.598. The van der Waals surface area contributed by atoms with Gasteiger partial charge in [-0.3, -0.25) is 0 Å². The molecule has 1 heterocycles. The van der Waals surface area contributed by atoms with Gasteiger partial charge in [-0.25, -0.2) is 18.5 Å². The van der Waals surface area contributed by atoms with Crippen LogP contribution >= 0.6 is 15.9 Å². The third-order valence-electron chi connectivity index (χ3n) is 4.15. The Kier molecular flexibility index (Phi) is 4.81. The first-order valence-electron chi connectivity index (χ1n) is 7.67. The molecule has 0 aliphatic heterocycles. The average Bonchev–Trinajstić information content (AvgIpc) is 2.84. The van der Waals surface area contributed by atoms with Crippen molar-refractivity contribution in [2.45, 2.75) is 25.3 Å². The number of hydrogen-bond acceptors (Lipinski definition) is 3. The van der Waals surface area contributed by atoms with Gasteiger partial charge in [-0.2, -0.15) is 0 Å². The molecule has 2 N–H and O–H groups in total. The summed E-state index contributed by atoms with van der Waals surface area (Å²) in [5.41, 5.74) is 4.03. The molecule has 25 heavy (non-hydrogen) atoms. The first-order valence-corrected chi connectivity index (χ1v) is 10.0. The SMILES string of the molecule is Cc1nc(-c2ccc(S(N)(=O)=O)cc2)n(Cc2ccc(Br)cc2)c1C. The van der Waals surface area contributed by atoms with Crippen LogP contribution in [0, 0.1) is 13.8 Å². The van der Waals surface area contributed by atoms with Crippen molar-refractivity contribution in [2.75, 3.05) is 0 Å². The molecule has 0 unspecified atom stereocenters. The van der Waals surface area contributed by atoms with E-state index in [1.165, 1.54) is 12.1 Å². The van der Waals surface area contributed by atoms with Gasteiger partial charge in [0.05, 0.1) is 10.6 Å². The van der Waals surface area contributed by atoms with Crippen LogP contribution in [-0.2, 0) is 16.6 Å². The Morgan fingerprint density at radius 2 is 1.64 bits per heavy atom. The van der Waals surface area contributed by atoms with Crippen molar-refractivity contribution in [2.24, 2.45) is 5.14 Å². The van der Waals surface area contributed by atoms with E-state index < -0.39 is 10.0 Å². The van der Waals surface area contributed by atoms with Gasteiger partial charge in [0.15, 0.2) is 0 Å². The van der Waals surface area contributed by atoms with Crippen LogP contribution in [0.15, 0.2) is 57.9 Å². The Hall–Kier alpha value is -1.96. The Morgan fingerprint density at radius 1 is 1.04 bits per heavy atom. The van der Waals surface area contributed by atoms with Crippen LogP contribution in [0.4, 0.5) is 0 Å². The van der Waals surface area contributed by atoms with Crippen LogP contribution in [0.3, 0.4) is 0 Å². The van der Waals surface area contributed by atoms with Crippen molar-refractivity contribution >= 4 is 26.0 Å². The zero-order chi connectivity index (χ0) is 18.2. The van der Waals surface area contributed by atoms with Crippen molar-refractivity contribution in [3.63, 3.8) is 0 Å². The van der Waals surface area contributed by atoms with Crippen molar-refractivity contribution < 1.29 is 8.42 Å². The highest BCUT2D eigenvalue weighted by molar-refractivity contribution is 9.10. The van der Waals surface area contributed by atoms with Crippen LogP contribution in [-0.4, -0.2) is 18.0 Å². The maximum Gasteiger partial charge on any atom is 0.238 e. The fourth-order valence-corrected chi connectivity index (χ4v) is 3.41. The van der Waals surface area contributed by atoms with E-state index in [4.69, 9.17) is 5.14 Å². The van der Waals surface area contributed by atoms with Crippen LogP contribution in [0.2, 0.25) is 0 Å². The van der Waals surface area contributed by atoms with E-state index in [0.29, 0.717) is 6.54 Å². The second kappa shape index (κ2) is 6.74. The highest BCUT2D eigenvalue weighted by Crippen LogP contribution is 2.25. The van der Waals surface area contributed by atoms with Crippen molar-refractivity contribution in [3.05, 3.63) is 70.0 Å². The average molecular weight is 420 g/mol. The lowest BCUT2D eigenvalue weighted by Crippen LogP contribution is -2.11. The number of halogens is 1. The van der Waals surface area contributed by atoms with E-state index in [2.05, 4.69) is 37.6 Å². The first-order chi connectivity index (χ1) is 11.8. The van der Waals surface area contributed by atoms with E-state index in [1.54, 1.807) is 12.1 Å². The van der Waals surface area contributed by atoms with E-state index in [9.17, 15) is 8.42 Å². The molecule has 0 saturated heterocycles. The first kappa shape index (κ1) is 17.8. The van der Waals surface area contributed by atoms with Gasteiger partial charge in [0.25, 0.3) is 0 Å². The Labute approximate surface area is 155 Å². The summed E-state index contributed by atoms with van der Waals surface area (Å²) in [6.45, 7) is 4.69. The summed E-state index contributed by atoms with van der Waals surface area (Å²) in [5, 5.41) is 5.17. The number of benzene rings is 2. The van der Waals surface area contributed by atoms with Gasteiger partial charge < -0.3 is 4.57 Å². The standard InChI is InChI=1S/C18H18BrN3O2S/c1-12-13(2)22(11-14-3-7-16(19)8-4-14)18(21-12)15-5-9-17(10-6-15)25(20,23)24/h3-10H,11H2,1-2H3,(H2,20,23,24). The number of rotatable bonds is 4. The summed E-state index contributed by atoms with van der Waals surface area (Å²) in [6.07, 6.45) is 0. The van der Waals surface area contributed by atoms with Crippen molar-refractivity contribution in [3.8, 4) is 11.4 Å². The highest BCUT2D eigenvalue weighted by Gasteiger charge is 2.15. The maximum atomic E-state index is 11.4. The summed E-state index contributed by atoms with van der Waals surface area (Å²) >= 11 is 3.44. The van der Waals surface area contributed by atoms with E-state index in [-0.39, 0.29) is 4.90 Å². The van der Waals surface area contributed by atoms with Gasteiger partial charge in [0.2, 0.25) is 10.0 Å². The number of primary sulfonamides is 1. The predicted molar refractivity (Wildman–Crippen MR) is 102 cm³/mol. The minimum atomic E-state index is -3.70. The summed E-state index contributed by atoms with van der Waals surface area (Å²) in [5.74, 6) is 0.805. The number of aromatic nitrogens is 2. The lowest BCUT2D eigenvalue weighted by atomic mass is 10.2. The molecule has 0 fully saturated rings. The molecule has 0 spiro atoms. The molecule has 0 bridgehead atoms. The summed E-state index contributed by atoms with van der Waals surface area (Å²) in [6, 6.07) is 14.6. The number of nitrogens with zero attached hydrogens (tertiary/aromatic N) is 2. The van der Waals surface area contributed by atoms with E-state index >= 15 is 0 Å². The number of imidazole rings is 1. The van der Waals surface area contributed by atoms with Crippen LogP contribution in [0.5, 0.6) is 0 Å². The van der Waals surface area contributed by atoms with Crippen molar-refractivity contribution in [1.29, 1.82) is 0 Å². The zero-order valence-electron chi connectivity index (χ0n) is 13.9. The van der Waals surface area contributed by atoms with Gasteiger partial charge in [-0.15, -0.1) is 0 Å². The number of hydrogen-bond donors (Lipinski definition) is 1. The second-order valence-corrected chi connectivity index (χ2v) is 8.37. The largest absolute Gasteiger partial charge is 0.324 e. The molecule has 5 nitrogen and oxygen atoms in total. The Balaban J connectivity index is 2.02. The van der Waals surface area contributed by atoms with Gasteiger partial charge in [0.1, 0.15) is 5.82 Å². The molecule has 1 aromatic heterocycles. The molecule has 0 amide bonds. The normalized spacial score (nSPS) is 11.7. The molecule has 2 aromatic carbocycles. The third-order valence-corrected chi connectivity index (χ3v) is 5.61. The smallest absolute Gasteiger partial charge is 0.238 e. The second-order valence-electron chi connectivity index (χ2n) is 5.89. The quantitative estimate of drug-likeness (QED) is 0.700. The molecule has 130 valence electrons. The molecule has 0 saturated carbocycles. The Bertz CT molecular complexity index is 1010. The van der Waals surface area contributed by atoms with Gasteiger partial charge in [0, 0.05) is 22.3 Å². The summed E-state index contributed by atoms with van der Waals surface area (Å²) < 4.78 is 26.0. The van der Waals surface area contributed by atoms with E-state index in [1.807, 2.05) is 26.0 Å². The molecule has 3 aromatic rings. The molecule has 0 radical (unpaired) electrons. The predicted octanol–water partition coefficient (Wildman–Crippen LogP) is 3.63. The topological polar surface area (TPSA) is 78.0 Å². The molecule has 0 atom stereocenters. The molecular weight excluding hydrogens is 402 g/mol. The minimum absolute atomic E-state index is 0.0932. The van der Waals surface area contributed by atoms with Gasteiger partial charge >= 0.3 is 0 Å². The Morgan fingerprint density at radius 3 is 2.20 bits per heavy atom. The fourth-order valence-electron chi connectivity index (χ4n) is 2.63. The van der Waals surface area contributed by atoms with E-state index in [0.717, 1.165) is 32.8 Å².